The zero-order valence-electron chi connectivity index (χ0n) is 18.5. The molecule has 5 aromatic rings. The average molecular weight is 435 g/mol. The second-order valence-electron chi connectivity index (χ2n) is 7.94. The van der Waals surface area contributed by atoms with E-state index < -0.39 is 11.9 Å². The number of esters is 2. The van der Waals surface area contributed by atoms with Crippen LogP contribution in [0.5, 0.6) is 0 Å². The molecule has 0 atom stereocenters. The standard InChI is InChI=1S/C28H21NO4/c1-16-8-10-17(11-9-16)26-25(28(31)33-3)24(27(30)32-2)23-21-15-19-7-5-4-6-18(19)14-20(21)12-13-22(23)29-26/h4-15H,1-3H3. The van der Waals surface area contributed by atoms with Crippen LogP contribution in [0.4, 0.5) is 0 Å². The fourth-order valence-electron chi connectivity index (χ4n) is 4.31. The number of benzene rings is 4. The largest absolute Gasteiger partial charge is 0.465 e. The Balaban J connectivity index is 1.99. The SMILES string of the molecule is COC(=O)c1c(-c2ccc(C)cc2)nc2ccc3cc4ccccc4cc3c2c1C(=O)OC. The zero-order valence-corrected chi connectivity index (χ0v) is 18.5. The molecule has 0 aliphatic heterocycles. The van der Waals surface area contributed by atoms with Crippen LogP contribution < -0.4 is 0 Å². The Morgan fingerprint density at radius 3 is 2.03 bits per heavy atom. The van der Waals surface area contributed by atoms with E-state index in [9.17, 15) is 9.59 Å². The number of aryl methyl sites for hydroxylation is 1. The molecule has 0 radical (unpaired) electrons. The Morgan fingerprint density at radius 2 is 1.36 bits per heavy atom. The maximum absolute atomic E-state index is 13.2. The molecule has 0 aliphatic rings. The number of hydrogen-bond donors (Lipinski definition) is 0. The van der Waals surface area contributed by atoms with Gasteiger partial charge in [-0.1, -0.05) is 60.2 Å². The first kappa shape index (κ1) is 20.6. The zero-order chi connectivity index (χ0) is 23.1. The van der Waals surface area contributed by atoms with E-state index in [4.69, 9.17) is 14.5 Å². The summed E-state index contributed by atoms with van der Waals surface area (Å²) >= 11 is 0. The van der Waals surface area contributed by atoms with Crippen LogP contribution in [0.2, 0.25) is 0 Å². The highest BCUT2D eigenvalue weighted by atomic mass is 16.5. The molecule has 1 aromatic heterocycles. The Hall–Kier alpha value is -4.25. The van der Waals surface area contributed by atoms with Gasteiger partial charge >= 0.3 is 11.9 Å². The third-order valence-corrected chi connectivity index (χ3v) is 5.94. The molecule has 0 bridgehead atoms. The van der Waals surface area contributed by atoms with Crippen molar-refractivity contribution in [1.82, 2.24) is 4.98 Å². The minimum Gasteiger partial charge on any atom is -0.465 e. The van der Waals surface area contributed by atoms with Crippen molar-refractivity contribution in [3.8, 4) is 11.3 Å². The summed E-state index contributed by atoms with van der Waals surface area (Å²) in [7, 11) is 2.60. The first-order chi connectivity index (χ1) is 16.0. The molecule has 0 saturated heterocycles. The van der Waals surface area contributed by atoms with Gasteiger partial charge in [0.25, 0.3) is 0 Å². The quantitative estimate of drug-likeness (QED) is 0.195. The highest BCUT2D eigenvalue weighted by Crippen LogP contribution is 2.37. The molecule has 0 fully saturated rings. The molecule has 0 amide bonds. The first-order valence-corrected chi connectivity index (χ1v) is 10.5. The van der Waals surface area contributed by atoms with Gasteiger partial charge in [-0.05, 0) is 46.7 Å². The Morgan fingerprint density at radius 1 is 0.727 bits per heavy atom. The molecule has 5 nitrogen and oxygen atoms in total. The Bertz CT molecular complexity index is 1570. The predicted molar refractivity (Wildman–Crippen MR) is 130 cm³/mol. The number of carbonyl (C=O) groups excluding carboxylic acids is 2. The molecule has 5 rings (SSSR count). The van der Waals surface area contributed by atoms with Crippen LogP contribution in [0, 0.1) is 6.92 Å². The third-order valence-electron chi connectivity index (χ3n) is 5.94. The van der Waals surface area contributed by atoms with E-state index in [1.165, 1.54) is 14.2 Å². The molecule has 0 aliphatic carbocycles. The van der Waals surface area contributed by atoms with Gasteiger partial charge in [0, 0.05) is 10.9 Å². The average Bonchev–Trinajstić information content (AvgIpc) is 2.85. The fourth-order valence-corrected chi connectivity index (χ4v) is 4.31. The van der Waals surface area contributed by atoms with E-state index >= 15 is 0 Å². The van der Waals surface area contributed by atoms with Crippen LogP contribution in [-0.4, -0.2) is 31.1 Å². The summed E-state index contributed by atoms with van der Waals surface area (Å²) in [5.41, 5.74) is 3.03. The smallest absolute Gasteiger partial charge is 0.340 e. The van der Waals surface area contributed by atoms with Crippen molar-refractivity contribution < 1.29 is 19.1 Å². The van der Waals surface area contributed by atoms with E-state index in [-0.39, 0.29) is 11.1 Å². The summed E-state index contributed by atoms with van der Waals surface area (Å²) in [6.07, 6.45) is 0. The summed E-state index contributed by atoms with van der Waals surface area (Å²) in [5, 5.41) is 4.44. The number of ether oxygens (including phenoxy) is 2. The highest BCUT2D eigenvalue weighted by molar-refractivity contribution is 6.22. The van der Waals surface area contributed by atoms with Gasteiger partial charge in [0.2, 0.25) is 0 Å². The topological polar surface area (TPSA) is 65.5 Å². The molecule has 0 N–H and O–H groups in total. The lowest BCUT2D eigenvalue weighted by Crippen LogP contribution is -2.15. The van der Waals surface area contributed by atoms with Crippen molar-refractivity contribution in [1.29, 1.82) is 0 Å². The number of aromatic nitrogens is 1. The Kier molecular flexibility index (Phi) is 5.02. The molecule has 0 spiro atoms. The van der Waals surface area contributed by atoms with Gasteiger partial charge < -0.3 is 9.47 Å². The summed E-state index contributed by atoms with van der Waals surface area (Å²) in [6, 6.07) is 23.6. The molecule has 4 aromatic carbocycles. The molecular formula is C28H21NO4. The normalized spacial score (nSPS) is 11.1. The van der Waals surface area contributed by atoms with Gasteiger partial charge in [0.15, 0.2) is 0 Å². The number of fused-ring (bicyclic) bond motifs is 4. The molecule has 162 valence electrons. The molecule has 33 heavy (non-hydrogen) atoms. The second-order valence-corrected chi connectivity index (χ2v) is 7.94. The lowest BCUT2D eigenvalue weighted by atomic mass is 9.92. The lowest BCUT2D eigenvalue weighted by molar-refractivity contribution is 0.0557. The van der Waals surface area contributed by atoms with Crippen LogP contribution in [0.3, 0.4) is 0 Å². The highest BCUT2D eigenvalue weighted by Gasteiger charge is 2.28. The fraction of sp³-hybridized carbons (Fsp3) is 0.107. The molecule has 1 heterocycles. The van der Waals surface area contributed by atoms with Crippen LogP contribution in [0.15, 0.2) is 72.8 Å². The number of nitrogens with zero attached hydrogens (tertiary/aromatic N) is 1. The Labute approximate surface area is 190 Å². The number of methoxy groups -OCH3 is 2. The molecule has 5 heteroatoms. The van der Waals surface area contributed by atoms with Gasteiger partial charge in [-0.3, -0.25) is 0 Å². The van der Waals surface area contributed by atoms with E-state index in [1.807, 2.05) is 73.7 Å². The van der Waals surface area contributed by atoms with Gasteiger partial charge in [-0.25, -0.2) is 14.6 Å². The van der Waals surface area contributed by atoms with Gasteiger partial charge in [0.05, 0.1) is 31.0 Å². The first-order valence-electron chi connectivity index (χ1n) is 10.5. The molecule has 0 saturated carbocycles. The van der Waals surface area contributed by atoms with E-state index in [0.717, 1.165) is 27.1 Å². The maximum atomic E-state index is 13.2. The third kappa shape index (κ3) is 3.38. The number of rotatable bonds is 3. The number of hydrogen-bond acceptors (Lipinski definition) is 5. The number of carbonyl (C=O) groups is 2. The van der Waals surface area contributed by atoms with Gasteiger partial charge in [-0.2, -0.15) is 0 Å². The van der Waals surface area contributed by atoms with Crippen molar-refractivity contribution >= 4 is 44.4 Å². The summed E-state index contributed by atoms with van der Waals surface area (Å²) in [6.45, 7) is 1.98. The van der Waals surface area contributed by atoms with Crippen molar-refractivity contribution in [2.24, 2.45) is 0 Å². The second kappa shape index (κ2) is 8.02. The van der Waals surface area contributed by atoms with Crippen molar-refractivity contribution in [3.63, 3.8) is 0 Å². The van der Waals surface area contributed by atoms with Crippen molar-refractivity contribution in [2.45, 2.75) is 6.92 Å². The monoisotopic (exact) mass is 435 g/mol. The van der Waals surface area contributed by atoms with Gasteiger partial charge in [-0.15, -0.1) is 0 Å². The maximum Gasteiger partial charge on any atom is 0.340 e. The molecular weight excluding hydrogens is 414 g/mol. The summed E-state index contributed by atoms with van der Waals surface area (Å²) in [5.74, 6) is -1.25. The lowest BCUT2D eigenvalue weighted by Gasteiger charge is -2.16. The minimum atomic E-state index is -0.641. The summed E-state index contributed by atoms with van der Waals surface area (Å²) < 4.78 is 10.3. The predicted octanol–water partition coefficient (Wildman–Crippen LogP) is 6.09. The van der Waals surface area contributed by atoms with Crippen molar-refractivity contribution in [3.05, 3.63) is 89.5 Å². The van der Waals surface area contributed by atoms with Crippen LogP contribution in [0.1, 0.15) is 26.3 Å². The number of pyridine rings is 1. The van der Waals surface area contributed by atoms with E-state index in [2.05, 4.69) is 6.07 Å². The minimum absolute atomic E-state index is 0.0985. The summed E-state index contributed by atoms with van der Waals surface area (Å²) in [4.78, 5) is 31.0. The van der Waals surface area contributed by atoms with Crippen molar-refractivity contribution in [2.75, 3.05) is 14.2 Å². The van der Waals surface area contributed by atoms with Crippen LogP contribution in [-0.2, 0) is 9.47 Å². The van der Waals surface area contributed by atoms with E-state index in [1.54, 1.807) is 0 Å². The van der Waals surface area contributed by atoms with Gasteiger partial charge in [0.1, 0.15) is 5.56 Å². The van der Waals surface area contributed by atoms with Crippen LogP contribution >= 0.6 is 0 Å². The molecule has 0 unspecified atom stereocenters. The van der Waals surface area contributed by atoms with E-state index in [0.29, 0.717) is 22.2 Å². The van der Waals surface area contributed by atoms with Crippen LogP contribution in [0.25, 0.3) is 43.7 Å².